The average Bonchev–Trinajstić information content (AvgIpc) is 2.33. The Morgan fingerprint density at radius 1 is 1.56 bits per heavy atom. The molecule has 1 atom stereocenters. The maximum Gasteiger partial charge on any atom is 0.409 e. The largest absolute Gasteiger partial charge is 0.447 e. The number of rotatable bonds is 4. The highest BCUT2D eigenvalue weighted by Gasteiger charge is 2.24. The first-order valence-electron chi connectivity index (χ1n) is 6.03. The van der Waals surface area contributed by atoms with Crippen LogP contribution in [0.3, 0.4) is 0 Å². The lowest BCUT2D eigenvalue weighted by molar-refractivity contribution is 0.0807. The van der Waals surface area contributed by atoms with Gasteiger partial charge in [-0.05, 0) is 18.8 Å². The summed E-state index contributed by atoms with van der Waals surface area (Å²) < 4.78 is 32.3. The summed E-state index contributed by atoms with van der Waals surface area (Å²) in [4.78, 5) is 13.1. The van der Waals surface area contributed by atoms with Crippen molar-refractivity contribution in [1.82, 2.24) is 4.90 Å². The number of amides is 1. The Kier molecular flexibility index (Phi) is 5.84. The van der Waals surface area contributed by atoms with E-state index in [1.807, 2.05) is 0 Å². The van der Waals surface area contributed by atoms with Gasteiger partial charge in [-0.3, -0.25) is 4.21 Å². The van der Waals surface area contributed by atoms with Crippen LogP contribution in [-0.4, -0.2) is 60.6 Å². The lowest BCUT2D eigenvalue weighted by Gasteiger charge is -2.31. The molecule has 1 aliphatic heterocycles. The van der Waals surface area contributed by atoms with Gasteiger partial charge >= 0.3 is 6.09 Å². The zero-order chi connectivity index (χ0) is 13.6. The SMILES string of the molecule is CS(C)(=O)=NCC1CCCN(C(=O)OCCF)C1. The van der Waals surface area contributed by atoms with E-state index in [1.54, 1.807) is 17.4 Å². The second-order valence-corrected chi connectivity index (χ2v) is 7.37. The molecule has 0 aromatic rings. The maximum absolute atomic E-state index is 11.9. The van der Waals surface area contributed by atoms with Gasteiger partial charge in [-0.1, -0.05) is 0 Å². The van der Waals surface area contributed by atoms with Crippen molar-refractivity contribution in [2.45, 2.75) is 12.8 Å². The van der Waals surface area contributed by atoms with Gasteiger partial charge in [-0.2, -0.15) is 0 Å². The Morgan fingerprint density at radius 2 is 2.28 bits per heavy atom. The molecule has 0 N–H and O–H groups in total. The Hall–Kier alpha value is -0.850. The van der Waals surface area contributed by atoms with Gasteiger partial charge in [0.25, 0.3) is 0 Å². The third-order valence-corrected chi connectivity index (χ3v) is 3.49. The molecule has 1 heterocycles. The summed E-state index contributed by atoms with van der Waals surface area (Å²) in [5.74, 6) is 0.220. The second kappa shape index (κ2) is 6.92. The summed E-state index contributed by atoms with van der Waals surface area (Å²) in [5.41, 5.74) is 0. The molecule has 1 fully saturated rings. The van der Waals surface area contributed by atoms with Crippen LogP contribution in [0.2, 0.25) is 0 Å². The minimum Gasteiger partial charge on any atom is -0.447 e. The number of piperidine rings is 1. The molecule has 1 rings (SSSR count). The molecule has 0 aromatic carbocycles. The highest BCUT2D eigenvalue weighted by molar-refractivity contribution is 7.92. The molecule has 1 unspecified atom stereocenters. The van der Waals surface area contributed by atoms with Gasteiger partial charge in [0.05, 0.1) is 6.54 Å². The van der Waals surface area contributed by atoms with Crippen LogP contribution in [0.4, 0.5) is 9.18 Å². The first-order chi connectivity index (χ1) is 8.42. The van der Waals surface area contributed by atoms with E-state index in [1.165, 1.54) is 0 Å². The number of alkyl halides is 1. The van der Waals surface area contributed by atoms with Gasteiger partial charge in [-0.25, -0.2) is 13.5 Å². The second-order valence-electron chi connectivity index (χ2n) is 4.75. The van der Waals surface area contributed by atoms with Crippen LogP contribution in [0.5, 0.6) is 0 Å². The van der Waals surface area contributed by atoms with E-state index in [-0.39, 0.29) is 12.5 Å². The number of carbonyl (C=O) groups excluding carboxylic acids is 1. The lowest BCUT2D eigenvalue weighted by Crippen LogP contribution is -2.41. The Balaban J connectivity index is 2.46. The molecule has 1 aliphatic rings. The molecular formula is C11H21FN2O3S. The fourth-order valence-electron chi connectivity index (χ4n) is 1.88. The smallest absolute Gasteiger partial charge is 0.409 e. The van der Waals surface area contributed by atoms with Gasteiger partial charge in [-0.15, -0.1) is 0 Å². The molecule has 1 amide bonds. The third-order valence-electron chi connectivity index (χ3n) is 2.72. The summed E-state index contributed by atoms with van der Waals surface area (Å²) in [6.45, 7) is 0.826. The number of hydrogen-bond acceptors (Lipinski definition) is 4. The number of halogens is 1. The predicted octanol–water partition coefficient (Wildman–Crippen LogP) is 1.53. The molecule has 106 valence electrons. The topological polar surface area (TPSA) is 59.0 Å². The van der Waals surface area contributed by atoms with Crippen LogP contribution in [0.25, 0.3) is 0 Å². The van der Waals surface area contributed by atoms with Crippen LogP contribution in [0.15, 0.2) is 4.36 Å². The fourth-order valence-corrected chi connectivity index (χ4v) is 2.45. The molecule has 0 aromatic heterocycles. The zero-order valence-electron chi connectivity index (χ0n) is 10.9. The Morgan fingerprint density at radius 3 is 2.89 bits per heavy atom. The first-order valence-corrected chi connectivity index (χ1v) is 8.36. The van der Waals surface area contributed by atoms with E-state index in [4.69, 9.17) is 4.74 Å². The average molecular weight is 280 g/mol. The van der Waals surface area contributed by atoms with Gasteiger partial charge in [0.1, 0.15) is 13.3 Å². The Labute approximate surface area is 108 Å². The van der Waals surface area contributed by atoms with Crippen molar-refractivity contribution in [3.63, 3.8) is 0 Å². The number of hydrogen-bond donors (Lipinski definition) is 0. The molecule has 18 heavy (non-hydrogen) atoms. The van der Waals surface area contributed by atoms with Gasteiger partial charge in [0, 0.05) is 35.3 Å². The van der Waals surface area contributed by atoms with E-state index < -0.39 is 22.5 Å². The molecular weight excluding hydrogens is 259 g/mol. The molecule has 0 aliphatic carbocycles. The fraction of sp³-hybridized carbons (Fsp3) is 0.909. The van der Waals surface area contributed by atoms with Crippen LogP contribution < -0.4 is 0 Å². The molecule has 1 saturated heterocycles. The van der Waals surface area contributed by atoms with E-state index in [0.29, 0.717) is 19.6 Å². The van der Waals surface area contributed by atoms with Crippen molar-refractivity contribution in [2.24, 2.45) is 10.3 Å². The number of likely N-dealkylation sites (tertiary alicyclic amines) is 1. The minimum absolute atomic E-state index is 0.192. The van der Waals surface area contributed by atoms with Crippen molar-refractivity contribution in [3.8, 4) is 0 Å². The summed E-state index contributed by atoms with van der Waals surface area (Å²) in [6.07, 6.45) is 4.57. The minimum atomic E-state index is -2.08. The van der Waals surface area contributed by atoms with Crippen molar-refractivity contribution in [3.05, 3.63) is 0 Å². The zero-order valence-corrected chi connectivity index (χ0v) is 11.7. The van der Waals surface area contributed by atoms with Gasteiger partial charge in [0.15, 0.2) is 0 Å². The molecule has 7 heteroatoms. The number of nitrogens with zero attached hydrogens (tertiary/aromatic N) is 2. The standard InChI is InChI=1S/C11H21FN2O3S/c1-18(2,16)13-8-10-4-3-6-14(9-10)11(15)17-7-5-12/h10H,3-9H2,1-2H3. The van der Waals surface area contributed by atoms with Crippen LogP contribution in [0.1, 0.15) is 12.8 Å². The molecule has 0 saturated carbocycles. The summed E-state index contributed by atoms with van der Waals surface area (Å²) in [6, 6.07) is 0. The molecule has 0 bridgehead atoms. The molecule has 0 radical (unpaired) electrons. The van der Waals surface area contributed by atoms with Crippen molar-refractivity contribution < 1.29 is 18.1 Å². The molecule has 5 nitrogen and oxygen atoms in total. The summed E-state index contributed by atoms with van der Waals surface area (Å²) >= 11 is 0. The number of carbonyl (C=O) groups is 1. The van der Waals surface area contributed by atoms with E-state index in [2.05, 4.69) is 4.36 Å². The van der Waals surface area contributed by atoms with Gasteiger partial charge in [0.2, 0.25) is 0 Å². The summed E-state index contributed by atoms with van der Waals surface area (Å²) in [7, 11) is -2.08. The lowest BCUT2D eigenvalue weighted by atomic mass is 9.99. The number of ether oxygens (including phenoxy) is 1. The quantitative estimate of drug-likeness (QED) is 0.784. The van der Waals surface area contributed by atoms with Crippen LogP contribution >= 0.6 is 0 Å². The normalized spacial score (nSPS) is 20.6. The highest BCUT2D eigenvalue weighted by atomic mass is 32.2. The van der Waals surface area contributed by atoms with E-state index >= 15 is 0 Å². The first kappa shape index (κ1) is 15.2. The molecule has 0 spiro atoms. The Bertz CT molecular complexity index is 386. The maximum atomic E-state index is 11.9. The van der Waals surface area contributed by atoms with Crippen molar-refractivity contribution in [2.75, 3.05) is 45.4 Å². The predicted molar refractivity (Wildman–Crippen MR) is 68.9 cm³/mol. The van der Waals surface area contributed by atoms with Crippen molar-refractivity contribution in [1.29, 1.82) is 0 Å². The monoisotopic (exact) mass is 280 g/mol. The third kappa shape index (κ3) is 5.66. The van der Waals surface area contributed by atoms with Gasteiger partial charge < -0.3 is 9.64 Å². The van der Waals surface area contributed by atoms with Crippen LogP contribution in [0, 0.1) is 5.92 Å². The van der Waals surface area contributed by atoms with E-state index in [9.17, 15) is 13.4 Å². The highest BCUT2D eigenvalue weighted by Crippen LogP contribution is 2.17. The van der Waals surface area contributed by atoms with Crippen molar-refractivity contribution >= 4 is 15.8 Å². The van der Waals surface area contributed by atoms with Crippen LogP contribution in [-0.2, 0) is 14.5 Å². The summed E-state index contributed by atoms with van der Waals surface area (Å²) in [5, 5.41) is 0. The van der Waals surface area contributed by atoms with E-state index in [0.717, 1.165) is 12.8 Å².